The Bertz CT molecular complexity index is 131. The van der Waals surface area contributed by atoms with Gasteiger partial charge in [-0.25, -0.2) is 0 Å². The van der Waals surface area contributed by atoms with Crippen LogP contribution in [0.15, 0.2) is 0 Å². The largest absolute Gasteiger partial charge is 0.383 e. The minimum Gasteiger partial charge on any atom is -0.383 e. The number of hydrogen-bond acceptors (Lipinski definition) is 3. The third-order valence-corrected chi connectivity index (χ3v) is 3.85. The van der Waals surface area contributed by atoms with Crippen molar-refractivity contribution in [3.8, 4) is 0 Å². The fourth-order valence-electron chi connectivity index (χ4n) is 1.97. The van der Waals surface area contributed by atoms with E-state index in [1.54, 1.807) is 7.11 Å². The van der Waals surface area contributed by atoms with Crippen molar-refractivity contribution in [2.24, 2.45) is 0 Å². The SMILES string of the molecule is CCCC(COC)NC1CCCSC1. The van der Waals surface area contributed by atoms with Crippen molar-refractivity contribution < 1.29 is 4.74 Å². The van der Waals surface area contributed by atoms with Crippen LogP contribution in [0.4, 0.5) is 0 Å². The van der Waals surface area contributed by atoms with Gasteiger partial charge in [-0.15, -0.1) is 0 Å². The third-order valence-electron chi connectivity index (χ3n) is 2.64. The first kappa shape index (κ1) is 12.3. The quantitative estimate of drug-likeness (QED) is 0.737. The maximum atomic E-state index is 5.23. The van der Waals surface area contributed by atoms with E-state index in [4.69, 9.17) is 4.74 Å². The zero-order valence-electron chi connectivity index (χ0n) is 9.42. The first-order valence-corrected chi connectivity index (χ1v) is 6.85. The number of hydrogen-bond donors (Lipinski definition) is 1. The van der Waals surface area contributed by atoms with Gasteiger partial charge in [0.25, 0.3) is 0 Å². The molecule has 1 N–H and O–H groups in total. The van der Waals surface area contributed by atoms with Gasteiger partial charge in [0.1, 0.15) is 0 Å². The molecule has 1 fully saturated rings. The van der Waals surface area contributed by atoms with Gasteiger partial charge in [-0.1, -0.05) is 13.3 Å². The molecule has 1 saturated heterocycles. The molecule has 0 saturated carbocycles. The normalized spacial score (nSPS) is 24.9. The number of thioether (sulfide) groups is 1. The maximum Gasteiger partial charge on any atom is 0.0615 e. The van der Waals surface area contributed by atoms with Crippen LogP contribution in [0.25, 0.3) is 0 Å². The highest BCUT2D eigenvalue weighted by Crippen LogP contribution is 2.17. The summed E-state index contributed by atoms with van der Waals surface area (Å²) < 4.78 is 5.23. The van der Waals surface area contributed by atoms with Crippen LogP contribution in [-0.4, -0.2) is 37.3 Å². The van der Waals surface area contributed by atoms with Crippen LogP contribution in [0.2, 0.25) is 0 Å². The molecule has 84 valence electrons. The molecule has 2 nitrogen and oxygen atoms in total. The van der Waals surface area contributed by atoms with E-state index in [2.05, 4.69) is 24.0 Å². The lowest BCUT2D eigenvalue weighted by molar-refractivity contribution is 0.156. The standard InChI is InChI=1S/C11H23NOS/c1-3-5-10(8-13-2)12-11-6-4-7-14-9-11/h10-12H,3-9H2,1-2H3. The van der Waals surface area contributed by atoms with E-state index in [9.17, 15) is 0 Å². The van der Waals surface area contributed by atoms with Crippen LogP contribution in [0, 0.1) is 0 Å². The second-order valence-electron chi connectivity index (χ2n) is 4.02. The van der Waals surface area contributed by atoms with Gasteiger partial charge in [0, 0.05) is 24.9 Å². The number of ether oxygens (including phenoxy) is 1. The van der Waals surface area contributed by atoms with Gasteiger partial charge in [0.15, 0.2) is 0 Å². The zero-order chi connectivity index (χ0) is 10.2. The van der Waals surface area contributed by atoms with E-state index in [0.717, 1.165) is 12.6 Å². The van der Waals surface area contributed by atoms with Gasteiger partial charge >= 0.3 is 0 Å². The van der Waals surface area contributed by atoms with Crippen molar-refractivity contribution >= 4 is 11.8 Å². The lowest BCUT2D eigenvalue weighted by Gasteiger charge is -2.27. The molecule has 0 aliphatic carbocycles. The van der Waals surface area contributed by atoms with Gasteiger partial charge in [-0.3, -0.25) is 0 Å². The second kappa shape index (κ2) is 7.55. The lowest BCUT2D eigenvalue weighted by atomic mass is 10.1. The number of nitrogens with one attached hydrogen (secondary N) is 1. The molecule has 0 aromatic carbocycles. The summed E-state index contributed by atoms with van der Waals surface area (Å²) in [5, 5.41) is 3.71. The molecule has 14 heavy (non-hydrogen) atoms. The van der Waals surface area contributed by atoms with Crippen LogP contribution in [0.5, 0.6) is 0 Å². The molecule has 0 radical (unpaired) electrons. The summed E-state index contributed by atoms with van der Waals surface area (Å²) in [6.45, 7) is 3.09. The summed E-state index contributed by atoms with van der Waals surface area (Å²) in [5.74, 6) is 2.63. The minimum atomic E-state index is 0.564. The topological polar surface area (TPSA) is 21.3 Å². The van der Waals surface area contributed by atoms with Crippen molar-refractivity contribution in [3.63, 3.8) is 0 Å². The van der Waals surface area contributed by atoms with E-state index in [0.29, 0.717) is 6.04 Å². The van der Waals surface area contributed by atoms with Crippen LogP contribution in [0.1, 0.15) is 32.6 Å². The van der Waals surface area contributed by atoms with E-state index in [1.807, 2.05) is 0 Å². The first-order valence-electron chi connectivity index (χ1n) is 5.69. The second-order valence-corrected chi connectivity index (χ2v) is 5.17. The molecular formula is C11H23NOS. The van der Waals surface area contributed by atoms with Crippen molar-refractivity contribution in [1.29, 1.82) is 0 Å². The summed E-state index contributed by atoms with van der Waals surface area (Å²) in [4.78, 5) is 0. The predicted octanol–water partition coefficient (Wildman–Crippen LogP) is 2.29. The molecular weight excluding hydrogens is 194 g/mol. The molecule has 0 aromatic rings. The highest BCUT2D eigenvalue weighted by molar-refractivity contribution is 7.99. The molecule has 0 aromatic heterocycles. The van der Waals surface area contributed by atoms with E-state index < -0.39 is 0 Å². The monoisotopic (exact) mass is 217 g/mol. The zero-order valence-corrected chi connectivity index (χ0v) is 10.2. The maximum absolute atomic E-state index is 5.23. The highest BCUT2D eigenvalue weighted by atomic mass is 32.2. The van der Waals surface area contributed by atoms with Crippen LogP contribution in [-0.2, 0) is 4.74 Å². The fourth-order valence-corrected chi connectivity index (χ4v) is 3.05. The number of methoxy groups -OCH3 is 1. The van der Waals surface area contributed by atoms with Gasteiger partial charge in [0.05, 0.1) is 6.61 Å². The Kier molecular flexibility index (Phi) is 6.65. The molecule has 1 heterocycles. The van der Waals surface area contributed by atoms with Gasteiger partial charge in [0.2, 0.25) is 0 Å². The summed E-state index contributed by atoms with van der Waals surface area (Å²) >= 11 is 2.08. The summed E-state index contributed by atoms with van der Waals surface area (Å²) in [5.41, 5.74) is 0. The molecule has 0 amide bonds. The summed E-state index contributed by atoms with van der Waals surface area (Å²) in [6.07, 6.45) is 5.18. The fraction of sp³-hybridized carbons (Fsp3) is 1.00. The molecule has 2 atom stereocenters. The van der Waals surface area contributed by atoms with Crippen molar-refractivity contribution in [2.45, 2.75) is 44.7 Å². The van der Waals surface area contributed by atoms with Crippen LogP contribution in [0.3, 0.4) is 0 Å². The van der Waals surface area contributed by atoms with Crippen LogP contribution >= 0.6 is 11.8 Å². The van der Waals surface area contributed by atoms with Gasteiger partial charge in [-0.2, -0.15) is 11.8 Å². The van der Waals surface area contributed by atoms with Gasteiger partial charge < -0.3 is 10.1 Å². The number of rotatable bonds is 6. The molecule has 1 aliphatic rings. The molecule has 1 aliphatic heterocycles. The Morgan fingerprint density at radius 3 is 3.00 bits per heavy atom. The first-order chi connectivity index (χ1) is 6.86. The van der Waals surface area contributed by atoms with Crippen molar-refractivity contribution in [3.05, 3.63) is 0 Å². The smallest absolute Gasteiger partial charge is 0.0615 e. The van der Waals surface area contributed by atoms with E-state index >= 15 is 0 Å². The third kappa shape index (κ3) is 4.67. The van der Waals surface area contributed by atoms with Gasteiger partial charge in [-0.05, 0) is 25.0 Å². The molecule has 0 spiro atoms. The minimum absolute atomic E-state index is 0.564. The average Bonchev–Trinajstić information content (AvgIpc) is 2.20. The highest BCUT2D eigenvalue weighted by Gasteiger charge is 2.17. The molecule has 2 unspecified atom stereocenters. The van der Waals surface area contributed by atoms with Crippen LogP contribution < -0.4 is 5.32 Å². The Labute approximate surface area is 92.2 Å². The van der Waals surface area contributed by atoms with E-state index in [-0.39, 0.29) is 0 Å². The van der Waals surface area contributed by atoms with Crippen molar-refractivity contribution in [1.82, 2.24) is 5.32 Å². The summed E-state index contributed by atoms with van der Waals surface area (Å²) in [6, 6.07) is 1.29. The molecule has 0 bridgehead atoms. The Hall–Kier alpha value is 0.270. The molecule has 3 heteroatoms. The Morgan fingerprint density at radius 1 is 1.57 bits per heavy atom. The molecule has 1 rings (SSSR count). The average molecular weight is 217 g/mol. The van der Waals surface area contributed by atoms with Crippen molar-refractivity contribution in [2.75, 3.05) is 25.2 Å². The van der Waals surface area contributed by atoms with E-state index in [1.165, 1.54) is 37.2 Å². The Morgan fingerprint density at radius 2 is 2.43 bits per heavy atom. The lowest BCUT2D eigenvalue weighted by Crippen LogP contribution is -2.43. The predicted molar refractivity (Wildman–Crippen MR) is 64.1 cm³/mol. The summed E-state index contributed by atoms with van der Waals surface area (Å²) in [7, 11) is 1.79. The Balaban J connectivity index is 2.21.